The molecule has 5 heteroatoms. The Morgan fingerprint density at radius 3 is 2.90 bits per heavy atom. The maximum absolute atomic E-state index is 12.2. The van der Waals surface area contributed by atoms with Crippen LogP contribution >= 0.6 is 38.6 Å². The molecule has 106 valence electrons. The summed E-state index contributed by atoms with van der Waals surface area (Å²) in [5, 5.41) is 5.05. The van der Waals surface area contributed by atoms with E-state index in [0.29, 0.717) is 6.54 Å². The number of halogens is 1. The minimum Gasteiger partial charge on any atom is -0.346 e. The third-order valence-corrected chi connectivity index (χ3v) is 6.45. The summed E-state index contributed by atoms with van der Waals surface area (Å²) in [4.78, 5) is 15.7. The normalized spacial score (nSPS) is 14.7. The molecule has 0 atom stereocenters. The van der Waals surface area contributed by atoms with Crippen molar-refractivity contribution in [2.24, 2.45) is 0 Å². The van der Waals surface area contributed by atoms with Gasteiger partial charge >= 0.3 is 0 Å². The Morgan fingerprint density at radius 1 is 1.25 bits per heavy atom. The molecule has 0 aliphatic heterocycles. The average molecular weight is 370 g/mol. The first kappa shape index (κ1) is 14.3. The standard InChI is InChI=1S/C15H16BrNOS2/c16-11-7-12(19-9-11)8-17-15(18)14-6-10-4-2-1-3-5-13(10)20-14/h6-7,9H,1-5,8H2,(H,17,18). The smallest absolute Gasteiger partial charge is 0.261 e. The Kier molecular flexibility index (Phi) is 4.58. The number of carbonyl (C=O) groups excluding carboxylic acids is 1. The zero-order valence-corrected chi connectivity index (χ0v) is 14.3. The highest BCUT2D eigenvalue weighted by molar-refractivity contribution is 9.10. The predicted octanol–water partition coefficient (Wildman–Crippen LogP) is 4.77. The molecule has 0 unspecified atom stereocenters. The number of rotatable bonds is 3. The highest BCUT2D eigenvalue weighted by atomic mass is 79.9. The second kappa shape index (κ2) is 6.41. The number of fused-ring (bicyclic) bond motifs is 1. The quantitative estimate of drug-likeness (QED) is 0.775. The van der Waals surface area contributed by atoms with Crippen LogP contribution in [-0.4, -0.2) is 5.91 Å². The zero-order chi connectivity index (χ0) is 13.9. The van der Waals surface area contributed by atoms with Gasteiger partial charge in [0.05, 0.1) is 11.4 Å². The van der Waals surface area contributed by atoms with E-state index in [1.807, 2.05) is 5.38 Å². The zero-order valence-electron chi connectivity index (χ0n) is 11.1. The molecular formula is C15H16BrNOS2. The number of nitrogens with one attached hydrogen (secondary N) is 1. The van der Waals surface area contributed by atoms with Gasteiger partial charge in [0.25, 0.3) is 5.91 Å². The van der Waals surface area contributed by atoms with Crippen molar-refractivity contribution in [1.82, 2.24) is 5.32 Å². The fourth-order valence-corrected chi connectivity index (χ4v) is 5.04. The Bertz CT molecular complexity index is 594. The molecule has 1 aliphatic rings. The third-order valence-electron chi connectivity index (χ3n) is 3.52. The topological polar surface area (TPSA) is 29.1 Å². The van der Waals surface area contributed by atoms with Gasteiger partial charge in [-0.1, -0.05) is 6.42 Å². The molecule has 0 bridgehead atoms. The summed E-state index contributed by atoms with van der Waals surface area (Å²) < 4.78 is 1.08. The number of aryl methyl sites for hydroxylation is 2. The number of amides is 1. The maximum atomic E-state index is 12.2. The molecule has 0 radical (unpaired) electrons. The highest BCUT2D eigenvalue weighted by Gasteiger charge is 2.16. The number of hydrogen-bond acceptors (Lipinski definition) is 3. The van der Waals surface area contributed by atoms with Crippen molar-refractivity contribution in [3.8, 4) is 0 Å². The molecule has 1 aliphatic carbocycles. The molecule has 0 saturated heterocycles. The Balaban J connectivity index is 1.65. The summed E-state index contributed by atoms with van der Waals surface area (Å²) in [5.74, 6) is 0.0626. The van der Waals surface area contributed by atoms with Gasteiger partial charge in [-0.2, -0.15) is 0 Å². The first-order valence-electron chi connectivity index (χ1n) is 6.85. The lowest BCUT2D eigenvalue weighted by Gasteiger charge is -2.01. The van der Waals surface area contributed by atoms with E-state index in [0.717, 1.165) is 22.2 Å². The van der Waals surface area contributed by atoms with Crippen molar-refractivity contribution in [3.05, 3.63) is 42.2 Å². The predicted molar refractivity (Wildman–Crippen MR) is 88.8 cm³/mol. The average Bonchev–Trinajstić information content (AvgIpc) is 2.97. The molecule has 1 amide bonds. The molecule has 0 fully saturated rings. The van der Waals surface area contributed by atoms with Crippen molar-refractivity contribution < 1.29 is 4.79 Å². The lowest BCUT2D eigenvalue weighted by Crippen LogP contribution is -2.21. The SMILES string of the molecule is O=C(NCc1cc(Br)cs1)c1cc2c(s1)CCCCC2. The van der Waals surface area contributed by atoms with Crippen LogP contribution in [0, 0.1) is 0 Å². The summed E-state index contributed by atoms with van der Waals surface area (Å²) in [6.45, 7) is 0.609. The van der Waals surface area contributed by atoms with Crippen LogP contribution in [0.4, 0.5) is 0 Å². The van der Waals surface area contributed by atoms with E-state index in [9.17, 15) is 4.79 Å². The molecule has 0 aromatic carbocycles. The molecule has 2 aromatic rings. The first-order chi connectivity index (χ1) is 9.72. The number of carbonyl (C=O) groups is 1. The molecule has 3 rings (SSSR count). The molecule has 2 aromatic heterocycles. The van der Waals surface area contributed by atoms with Gasteiger partial charge in [-0.15, -0.1) is 22.7 Å². The number of hydrogen-bond donors (Lipinski definition) is 1. The van der Waals surface area contributed by atoms with Crippen molar-refractivity contribution in [3.63, 3.8) is 0 Å². The third kappa shape index (κ3) is 3.32. The van der Waals surface area contributed by atoms with Crippen LogP contribution in [0.2, 0.25) is 0 Å². The summed E-state index contributed by atoms with van der Waals surface area (Å²) >= 11 is 6.77. The van der Waals surface area contributed by atoms with Crippen molar-refractivity contribution >= 4 is 44.5 Å². The summed E-state index contributed by atoms with van der Waals surface area (Å²) in [6, 6.07) is 4.15. The monoisotopic (exact) mass is 369 g/mol. The van der Waals surface area contributed by atoms with E-state index in [1.54, 1.807) is 22.7 Å². The van der Waals surface area contributed by atoms with Gasteiger partial charge in [-0.3, -0.25) is 4.79 Å². The Labute approximate surface area is 135 Å². The van der Waals surface area contributed by atoms with E-state index in [-0.39, 0.29) is 5.91 Å². The minimum atomic E-state index is 0.0626. The van der Waals surface area contributed by atoms with E-state index >= 15 is 0 Å². The fraction of sp³-hybridized carbons (Fsp3) is 0.400. The van der Waals surface area contributed by atoms with Gasteiger partial charge in [0, 0.05) is 19.6 Å². The molecule has 1 N–H and O–H groups in total. The van der Waals surface area contributed by atoms with E-state index in [1.165, 1.54) is 34.6 Å². The van der Waals surface area contributed by atoms with Crippen molar-refractivity contribution in [2.75, 3.05) is 0 Å². The van der Waals surface area contributed by atoms with Gasteiger partial charge in [0.15, 0.2) is 0 Å². The molecule has 20 heavy (non-hydrogen) atoms. The van der Waals surface area contributed by atoms with Gasteiger partial charge in [0.2, 0.25) is 0 Å². The van der Waals surface area contributed by atoms with Gasteiger partial charge < -0.3 is 5.32 Å². The maximum Gasteiger partial charge on any atom is 0.261 e. The van der Waals surface area contributed by atoms with Gasteiger partial charge in [-0.05, 0) is 59.3 Å². The van der Waals surface area contributed by atoms with Crippen LogP contribution in [0.5, 0.6) is 0 Å². The van der Waals surface area contributed by atoms with Crippen LogP contribution in [0.25, 0.3) is 0 Å². The van der Waals surface area contributed by atoms with Crippen LogP contribution in [0.1, 0.15) is 44.3 Å². The first-order valence-corrected chi connectivity index (χ1v) is 9.34. The van der Waals surface area contributed by atoms with E-state index in [2.05, 4.69) is 33.4 Å². The Hall–Kier alpha value is -0.650. The lowest BCUT2D eigenvalue weighted by atomic mass is 10.1. The molecular weight excluding hydrogens is 354 g/mol. The number of thiophene rings is 2. The van der Waals surface area contributed by atoms with Gasteiger partial charge in [0.1, 0.15) is 0 Å². The summed E-state index contributed by atoms with van der Waals surface area (Å²) in [7, 11) is 0. The van der Waals surface area contributed by atoms with E-state index < -0.39 is 0 Å². The Morgan fingerprint density at radius 2 is 2.10 bits per heavy atom. The van der Waals surface area contributed by atoms with Crippen LogP contribution < -0.4 is 5.32 Å². The molecule has 2 heterocycles. The summed E-state index contributed by atoms with van der Waals surface area (Å²) in [6.07, 6.45) is 6.12. The second-order valence-corrected chi connectivity index (χ2v) is 8.08. The van der Waals surface area contributed by atoms with Crippen molar-refractivity contribution in [1.29, 1.82) is 0 Å². The highest BCUT2D eigenvalue weighted by Crippen LogP contribution is 2.29. The molecule has 0 spiro atoms. The minimum absolute atomic E-state index is 0.0626. The molecule has 2 nitrogen and oxygen atoms in total. The fourth-order valence-electron chi connectivity index (χ4n) is 2.48. The molecule has 0 saturated carbocycles. The van der Waals surface area contributed by atoms with Gasteiger partial charge in [-0.25, -0.2) is 0 Å². The lowest BCUT2D eigenvalue weighted by molar-refractivity contribution is 0.0955. The van der Waals surface area contributed by atoms with Crippen molar-refractivity contribution in [2.45, 2.75) is 38.6 Å². The van der Waals surface area contributed by atoms with Crippen LogP contribution in [0.15, 0.2) is 22.0 Å². The van der Waals surface area contributed by atoms with Crippen LogP contribution in [-0.2, 0) is 19.4 Å². The van der Waals surface area contributed by atoms with Crippen LogP contribution in [0.3, 0.4) is 0 Å². The second-order valence-electron chi connectivity index (χ2n) is 5.03. The van der Waals surface area contributed by atoms with E-state index in [4.69, 9.17) is 0 Å². The largest absolute Gasteiger partial charge is 0.346 e. The summed E-state index contributed by atoms with van der Waals surface area (Å²) in [5.41, 5.74) is 1.40.